The minimum Gasteiger partial charge on any atom is -0.489 e. The topological polar surface area (TPSA) is 111 Å². The maximum Gasteiger partial charge on any atom is 0.324 e. The smallest absolute Gasteiger partial charge is 0.324 e. The van der Waals surface area contributed by atoms with Crippen LogP contribution in [0.3, 0.4) is 0 Å². The van der Waals surface area contributed by atoms with Crippen molar-refractivity contribution in [3.63, 3.8) is 0 Å². The third kappa shape index (κ3) is 6.07. The molecule has 2 N–H and O–H groups in total. The molecule has 0 saturated heterocycles. The van der Waals surface area contributed by atoms with E-state index in [2.05, 4.69) is 25.8 Å². The van der Waals surface area contributed by atoms with Crippen molar-refractivity contribution in [2.75, 3.05) is 10.6 Å². The van der Waals surface area contributed by atoms with Crippen molar-refractivity contribution in [2.24, 2.45) is 0 Å². The highest BCUT2D eigenvalue weighted by atomic mass is 16.5. The Bertz CT molecular complexity index is 1560. The molecule has 38 heavy (non-hydrogen) atoms. The van der Waals surface area contributed by atoms with E-state index in [1.807, 2.05) is 69.3 Å². The fourth-order valence-electron chi connectivity index (χ4n) is 3.64. The van der Waals surface area contributed by atoms with Crippen molar-refractivity contribution < 1.29 is 18.8 Å². The molecule has 0 atom stereocenters. The van der Waals surface area contributed by atoms with Gasteiger partial charge in [-0.25, -0.2) is 14.8 Å². The van der Waals surface area contributed by atoms with Crippen LogP contribution in [0.15, 0.2) is 89.7 Å². The van der Waals surface area contributed by atoms with Crippen molar-refractivity contribution in [3.8, 4) is 17.4 Å². The van der Waals surface area contributed by atoms with Gasteiger partial charge in [0.25, 0.3) is 0 Å². The van der Waals surface area contributed by atoms with Gasteiger partial charge in [0, 0.05) is 29.3 Å². The summed E-state index contributed by atoms with van der Waals surface area (Å²) in [7, 11) is 0. The molecule has 9 nitrogen and oxygen atoms in total. The minimum atomic E-state index is -0.452. The number of aromatic nitrogens is 3. The van der Waals surface area contributed by atoms with Crippen molar-refractivity contribution in [3.05, 3.63) is 96.5 Å². The number of urea groups is 1. The molecular weight excluding hydrogens is 482 g/mol. The molecule has 0 aliphatic carbocycles. The predicted octanol–water partition coefficient (Wildman–Crippen LogP) is 6.93. The van der Waals surface area contributed by atoms with E-state index in [1.165, 1.54) is 6.33 Å². The number of rotatable bonds is 7. The van der Waals surface area contributed by atoms with Crippen LogP contribution in [-0.4, -0.2) is 21.2 Å². The number of carbonyl (C=O) groups excluding carboxylic acids is 1. The van der Waals surface area contributed by atoms with E-state index in [1.54, 1.807) is 30.3 Å². The van der Waals surface area contributed by atoms with Gasteiger partial charge in [-0.05, 0) is 29.8 Å². The van der Waals surface area contributed by atoms with Crippen LogP contribution in [0.5, 0.6) is 17.4 Å². The lowest BCUT2D eigenvalue weighted by Gasteiger charge is -2.12. The Morgan fingerprint density at radius 2 is 1.74 bits per heavy atom. The first kappa shape index (κ1) is 24.8. The molecule has 0 radical (unpaired) electrons. The number of nitrogens with zero attached hydrogens (tertiary/aromatic N) is 3. The number of amides is 2. The Labute approximate surface area is 219 Å². The molecule has 9 heteroatoms. The molecule has 0 aliphatic rings. The first-order chi connectivity index (χ1) is 18.3. The summed E-state index contributed by atoms with van der Waals surface area (Å²) in [5, 5.41) is 10.1. The monoisotopic (exact) mass is 509 g/mol. The highest BCUT2D eigenvalue weighted by Crippen LogP contribution is 2.30. The fraction of sp³-hybridized carbons (Fsp3) is 0.172. The molecule has 0 saturated carbocycles. The summed E-state index contributed by atoms with van der Waals surface area (Å²) in [6, 6.07) is 23.8. The van der Waals surface area contributed by atoms with Crippen LogP contribution < -0.4 is 20.1 Å². The number of fused-ring (bicyclic) bond motifs is 1. The maximum absolute atomic E-state index is 12.5. The predicted molar refractivity (Wildman–Crippen MR) is 145 cm³/mol. The molecular formula is C29H27N5O4. The van der Waals surface area contributed by atoms with Crippen LogP contribution >= 0.6 is 0 Å². The fourth-order valence-corrected chi connectivity index (χ4v) is 3.64. The SMILES string of the molecule is CC(C)(C)c1cc(NC(=O)Nc2cccc(Oc3ncnc4cc(OCc5ccccc5)ccc34)c2)no1. The van der Waals surface area contributed by atoms with E-state index < -0.39 is 6.03 Å². The summed E-state index contributed by atoms with van der Waals surface area (Å²) in [6.07, 6.45) is 1.44. The summed E-state index contributed by atoms with van der Waals surface area (Å²) >= 11 is 0. The van der Waals surface area contributed by atoms with Crippen LogP contribution in [0.1, 0.15) is 32.1 Å². The van der Waals surface area contributed by atoms with Crippen LogP contribution in [-0.2, 0) is 12.0 Å². The van der Waals surface area contributed by atoms with E-state index in [4.69, 9.17) is 14.0 Å². The van der Waals surface area contributed by atoms with Crippen LogP contribution in [0.2, 0.25) is 0 Å². The van der Waals surface area contributed by atoms with Crippen molar-refractivity contribution >= 4 is 28.4 Å². The second-order valence-corrected chi connectivity index (χ2v) is 9.67. The minimum absolute atomic E-state index is 0.211. The lowest BCUT2D eigenvalue weighted by molar-refractivity contribution is 0.262. The van der Waals surface area contributed by atoms with Gasteiger partial charge in [0.05, 0.1) is 10.9 Å². The average molecular weight is 510 g/mol. The van der Waals surface area contributed by atoms with Gasteiger partial charge in [0.1, 0.15) is 30.2 Å². The Balaban J connectivity index is 1.25. The van der Waals surface area contributed by atoms with Gasteiger partial charge in [-0.2, -0.15) is 0 Å². The van der Waals surface area contributed by atoms with Gasteiger partial charge in [0.2, 0.25) is 5.88 Å². The molecule has 2 heterocycles. The molecule has 0 bridgehead atoms. The quantitative estimate of drug-likeness (QED) is 0.245. The number of ether oxygens (including phenoxy) is 2. The van der Waals surface area contributed by atoms with E-state index >= 15 is 0 Å². The summed E-state index contributed by atoms with van der Waals surface area (Å²) < 4.78 is 17.3. The molecule has 0 fully saturated rings. The molecule has 3 aromatic carbocycles. The number of benzene rings is 3. The van der Waals surface area contributed by atoms with Gasteiger partial charge in [-0.15, -0.1) is 0 Å². The number of hydrogen-bond acceptors (Lipinski definition) is 7. The molecule has 2 amide bonds. The second-order valence-electron chi connectivity index (χ2n) is 9.67. The molecule has 0 unspecified atom stereocenters. The van der Waals surface area contributed by atoms with E-state index in [0.717, 1.165) is 10.9 Å². The largest absolute Gasteiger partial charge is 0.489 e. The number of nitrogens with one attached hydrogen (secondary N) is 2. The Morgan fingerprint density at radius 1 is 0.895 bits per heavy atom. The molecule has 5 aromatic rings. The molecule has 5 rings (SSSR count). The number of carbonyl (C=O) groups is 1. The zero-order valence-corrected chi connectivity index (χ0v) is 21.3. The van der Waals surface area contributed by atoms with Gasteiger partial charge >= 0.3 is 6.03 Å². The highest BCUT2D eigenvalue weighted by Gasteiger charge is 2.20. The Morgan fingerprint density at radius 3 is 2.53 bits per heavy atom. The maximum atomic E-state index is 12.5. The first-order valence-corrected chi connectivity index (χ1v) is 12.1. The zero-order valence-electron chi connectivity index (χ0n) is 21.3. The Kier molecular flexibility index (Phi) is 6.90. The summed E-state index contributed by atoms with van der Waals surface area (Å²) in [6.45, 7) is 6.47. The van der Waals surface area contributed by atoms with Crippen LogP contribution in [0.25, 0.3) is 10.9 Å². The van der Waals surface area contributed by atoms with Gasteiger partial charge in [-0.3, -0.25) is 5.32 Å². The lowest BCUT2D eigenvalue weighted by Crippen LogP contribution is -2.19. The molecule has 0 aliphatic heterocycles. The second kappa shape index (κ2) is 10.6. The van der Waals surface area contributed by atoms with E-state index in [9.17, 15) is 4.79 Å². The number of hydrogen-bond donors (Lipinski definition) is 2. The summed E-state index contributed by atoms with van der Waals surface area (Å²) in [5.41, 5.74) is 2.10. The van der Waals surface area contributed by atoms with E-state index in [0.29, 0.717) is 46.8 Å². The standard InChI is InChI=1S/C29H27N5O4/c1-29(2,3)25-16-26(34-38-25)33-28(35)32-20-10-7-11-22(14-20)37-27-23-13-12-21(15-24(23)30-18-31-27)36-17-19-8-5-4-6-9-19/h4-16,18H,17H2,1-3H3,(H2,32,33,34,35). The molecule has 2 aromatic heterocycles. The van der Waals surface area contributed by atoms with Crippen LogP contribution in [0, 0.1) is 0 Å². The summed E-state index contributed by atoms with van der Waals surface area (Å²) in [5.74, 6) is 2.60. The molecule has 192 valence electrons. The zero-order chi connectivity index (χ0) is 26.5. The van der Waals surface area contributed by atoms with Gasteiger partial charge in [-0.1, -0.05) is 62.3 Å². The normalized spacial score (nSPS) is 11.2. The van der Waals surface area contributed by atoms with E-state index in [-0.39, 0.29) is 5.41 Å². The number of anilines is 2. The highest BCUT2D eigenvalue weighted by molar-refractivity contribution is 5.99. The molecule has 0 spiro atoms. The third-order valence-electron chi connectivity index (χ3n) is 5.62. The van der Waals surface area contributed by atoms with Gasteiger partial charge < -0.3 is 19.3 Å². The first-order valence-electron chi connectivity index (χ1n) is 12.1. The summed E-state index contributed by atoms with van der Waals surface area (Å²) in [4.78, 5) is 21.1. The lowest BCUT2D eigenvalue weighted by atomic mass is 9.93. The van der Waals surface area contributed by atoms with Gasteiger partial charge in [0.15, 0.2) is 5.82 Å². The third-order valence-corrected chi connectivity index (χ3v) is 5.62. The Hall–Kier alpha value is -4.92. The van der Waals surface area contributed by atoms with Crippen molar-refractivity contribution in [1.29, 1.82) is 0 Å². The van der Waals surface area contributed by atoms with Crippen LogP contribution in [0.4, 0.5) is 16.3 Å². The van der Waals surface area contributed by atoms with Crippen molar-refractivity contribution in [2.45, 2.75) is 32.8 Å². The average Bonchev–Trinajstić information content (AvgIpc) is 3.37. The van der Waals surface area contributed by atoms with Crippen molar-refractivity contribution in [1.82, 2.24) is 15.1 Å².